The van der Waals surface area contributed by atoms with E-state index in [9.17, 15) is 9.59 Å². The summed E-state index contributed by atoms with van der Waals surface area (Å²) in [5.74, 6) is 0.407. The van der Waals surface area contributed by atoms with Crippen LogP contribution in [0.5, 0.6) is 5.75 Å². The topological polar surface area (TPSA) is 66.0 Å². The maximum absolute atomic E-state index is 12.9. The van der Waals surface area contributed by atoms with Crippen LogP contribution in [0.1, 0.15) is 0 Å². The van der Waals surface area contributed by atoms with Gasteiger partial charge in [-0.2, -0.15) is 0 Å². The van der Waals surface area contributed by atoms with Crippen molar-refractivity contribution in [1.82, 2.24) is 9.88 Å². The van der Waals surface area contributed by atoms with Gasteiger partial charge < -0.3 is 14.5 Å². The van der Waals surface area contributed by atoms with Gasteiger partial charge in [0.15, 0.2) is 11.7 Å². The molecular formula is C21H20N4O3S. The average Bonchev–Trinajstić information content (AvgIpc) is 3.20. The van der Waals surface area contributed by atoms with Crippen LogP contribution in [0.3, 0.4) is 0 Å². The Balaban J connectivity index is 1.24. The Morgan fingerprint density at radius 1 is 1.03 bits per heavy atom. The highest BCUT2D eigenvalue weighted by molar-refractivity contribution is 7.22. The van der Waals surface area contributed by atoms with Crippen molar-refractivity contribution >= 4 is 44.2 Å². The van der Waals surface area contributed by atoms with E-state index in [2.05, 4.69) is 11.0 Å². The minimum atomic E-state index is -0.190. The lowest BCUT2D eigenvalue weighted by atomic mass is 10.2. The predicted molar refractivity (Wildman–Crippen MR) is 113 cm³/mol. The summed E-state index contributed by atoms with van der Waals surface area (Å²) in [6, 6.07) is 15.4. The summed E-state index contributed by atoms with van der Waals surface area (Å²) < 4.78 is 6.62. The van der Waals surface area contributed by atoms with Crippen molar-refractivity contribution in [3.63, 3.8) is 0 Å². The molecule has 1 fully saturated rings. The van der Waals surface area contributed by atoms with E-state index in [1.54, 1.807) is 11.3 Å². The third-order valence-electron chi connectivity index (χ3n) is 5.29. The summed E-state index contributed by atoms with van der Waals surface area (Å²) in [6.07, 6.45) is 0. The Morgan fingerprint density at radius 2 is 1.79 bits per heavy atom. The zero-order valence-electron chi connectivity index (χ0n) is 15.8. The second-order valence-corrected chi connectivity index (χ2v) is 8.08. The van der Waals surface area contributed by atoms with Crippen LogP contribution < -0.4 is 14.5 Å². The highest BCUT2D eigenvalue weighted by atomic mass is 32.1. The zero-order valence-corrected chi connectivity index (χ0v) is 16.6. The molecule has 8 heteroatoms. The molecule has 2 aromatic carbocycles. The number of rotatable bonds is 3. The number of carbonyl (C=O) groups excluding carboxylic acids is 2. The standard InChI is InChI=1S/C21H20N4O3S/c26-19(13-25-16-6-2-3-7-17(16)28-14-20(25)27)23-9-11-24(12-10-23)21-22-15-5-1-4-8-18(15)29-21/h1-8H,9-14H2. The summed E-state index contributed by atoms with van der Waals surface area (Å²) in [4.78, 5) is 35.5. The van der Waals surface area contributed by atoms with Gasteiger partial charge in [-0.25, -0.2) is 4.98 Å². The first kappa shape index (κ1) is 17.9. The van der Waals surface area contributed by atoms with E-state index >= 15 is 0 Å². The smallest absolute Gasteiger partial charge is 0.265 e. The van der Waals surface area contributed by atoms with Crippen molar-refractivity contribution in [3.8, 4) is 5.75 Å². The van der Waals surface area contributed by atoms with Gasteiger partial charge in [0.25, 0.3) is 5.91 Å². The number of benzene rings is 2. The second-order valence-electron chi connectivity index (χ2n) is 7.07. The SMILES string of the molecule is O=C(CN1C(=O)COc2ccccc21)N1CCN(c2nc3ccccc3s2)CC1. The zero-order chi connectivity index (χ0) is 19.8. The van der Waals surface area contributed by atoms with Crippen molar-refractivity contribution < 1.29 is 14.3 Å². The Labute approximate surface area is 172 Å². The van der Waals surface area contributed by atoms with Gasteiger partial charge >= 0.3 is 0 Å². The minimum Gasteiger partial charge on any atom is -0.482 e. The molecule has 0 bridgehead atoms. The van der Waals surface area contributed by atoms with Gasteiger partial charge in [-0.15, -0.1) is 0 Å². The van der Waals surface area contributed by atoms with Crippen molar-refractivity contribution in [2.45, 2.75) is 0 Å². The number of thiazole rings is 1. The molecule has 0 radical (unpaired) electrons. The van der Waals surface area contributed by atoms with Crippen LogP contribution in [0.2, 0.25) is 0 Å². The lowest BCUT2D eigenvalue weighted by Gasteiger charge is -2.36. The molecule has 1 saturated heterocycles. The molecule has 0 unspecified atom stereocenters. The highest BCUT2D eigenvalue weighted by Crippen LogP contribution is 2.32. The molecule has 2 aliphatic rings. The molecule has 2 amide bonds. The van der Waals surface area contributed by atoms with Crippen molar-refractivity contribution in [3.05, 3.63) is 48.5 Å². The maximum Gasteiger partial charge on any atom is 0.265 e. The van der Waals surface area contributed by atoms with Crippen LogP contribution in [0, 0.1) is 0 Å². The molecule has 3 heterocycles. The quantitative estimate of drug-likeness (QED) is 0.666. The average molecular weight is 408 g/mol. The molecule has 148 valence electrons. The van der Waals surface area contributed by atoms with E-state index in [1.807, 2.05) is 47.4 Å². The Kier molecular flexibility index (Phi) is 4.55. The van der Waals surface area contributed by atoms with E-state index in [1.165, 1.54) is 9.60 Å². The molecule has 2 aliphatic heterocycles. The van der Waals surface area contributed by atoms with Gasteiger partial charge in [0.2, 0.25) is 5.91 Å². The lowest BCUT2D eigenvalue weighted by Crippen LogP contribution is -2.52. The third kappa shape index (κ3) is 3.40. The molecule has 29 heavy (non-hydrogen) atoms. The fourth-order valence-electron chi connectivity index (χ4n) is 3.71. The normalized spacial score (nSPS) is 16.7. The monoisotopic (exact) mass is 408 g/mol. The number of nitrogens with zero attached hydrogens (tertiary/aromatic N) is 4. The number of hydrogen-bond acceptors (Lipinski definition) is 6. The van der Waals surface area contributed by atoms with E-state index in [0.717, 1.165) is 23.7 Å². The molecule has 5 rings (SSSR count). The van der Waals surface area contributed by atoms with Gasteiger partial charge in [-0.05, 0) is 24.3 Å². The summed E-state index contributed by atoms with van der Waals surface area (Å²) in [6.45, 7) is 2.72. The molecule has 0 N–H and O–H groups in total. The fourth-order valence-corrected chi connectivity index (χ4v) is 4.72. The Hall–Kier alpha value is -3.13. The molecule has 0 saturated carbocycles. The van der Waals surface area contributed by atoms with Gasteiger partial charge in [0, 0.05) is 26.2 Å². The van der Waals surface area contributed by atoms with Crippen molar-refractivity contribution in [1.29, 1.82) is 0 Å². The van der Waals surface area contributed by atoms with E-state index < -0.39 is 0 Å². The first-order valence-corrected chi connectivity index (χ1v) is 10.4. The number of para-hydroxylation sites is 3. The summed E-state index contributed by atoms with van der Waals surface area (Å²) in [7, 11) is 0. The lowest BCUT2D eigenvalue weighted by molar-refractivity contribution is -0.132. The van der Waals surface area contributed by atoms with Gasteiger partial charge in [0.05, 0.1) is 15.9 Å². The highest BCUT2D eigenvalue weighted by Gasteiger charge is 2.30. The number of amides is 2. The van der Waals surface area contributed by atoms with Crippen LogP contribution in [-0.2, 0) is 9.59 Å². The number of hydrogen-bond donors (Lipinski definition) is 0. The maximum atomic E-state index is 12.9. The molecule has 1 aromatic heterocycles. The first-order valence-electron chi connectivity index (χ1n) is 9.59. The summed E-state index contributed by atoms with van der Waals surface area (Å²) in [5.41, 5.74) is 1.67. The number of piperazine rings is 1. The van der Waals surface area contributed by atoms with Crippen molar-refractivity contribution in [2.75, 3.05) is 49.1 Å². The van der Waals surface area contributed by atoms with Gasteiger partial charge in [0.1, 0.15) is 12.3 Å². The molecule has 3 aromatic rings. The van der Waals surface area contributed by atoms with Crippen LogP contribution >= 0.6 is 11.3 Å². The van der Waals surface area contributed by atoms with Gasteiger partial charge in [-0.1, -0.05) is 35.6 Å². The van der Waals surface area contributed by atoms with E-state index in [0.29, 0.717) is 24.5 Å². The Morgan fingerprint density at radius 3 is 2.62 bits per heavy atom. The van der Waals surface area contributed by atoms with Crippen molar-refractivity contribution in [2.24, 2.45) is 0 Å². The van der Waals surface area contributed by atoms with Crippen LogP contribution in [0.25, 0.3) is 10.2 Å². The predicted octanol–water partition coefficient (Wildman–Crippen LogP) is 2.37. The molecule has 0 spiro atoms. The molecular weight excluding hydrogens is 388 g/mol. The fraction of sp³-hybridized carbons (Fsp3) is 0.286. The minimum absolute atomic E-state index is 0.0321. The third-order valence-corrected chi connectivity index (χ3v) is 6.38. The first-order chi connectivity index (χ1) is 14.2. The second kappa shape index (κ2) is 7.36. The number of ether oxygens (including phenoxy) is 1. The summed E-state index contributed by atoms with van der Waals surface area (Å²) >= 11 is 1.68. The van der Waals surface area contributed by atoms with Crippen LogP contribution in [-0.4, -0.2) is 61.0 Å². The molecule has 0 aliphatic carbocycles. The Bertz CT molecular complexity index is 1040. The van der Waals surface area contributed by atoms with Crippen LogP contribution in [0.15, 0.2) is 48.5 Å². The van der Waals surface area contributed by atoms with E-state index in [4.69, 9.17) is 9.72 Å². The van der Waals surface area contributed by atoms with Gasteiger partial charge in [-0.3, -0.25) is 14.5 Å². The number of carbonyl (C=O) groups is 2. The molecule has 0 atom stereocenters. The summed E-state index contributed by atoms with van der Waals surface area (Å²) in [5, 5.41) is 0.996. The largest absolute Gasteiger partial charge is 0.482 e. The number of anilines is 2. The number of fused-ring (bicyclic) bond motifs is 2. The van der Waals surface area contributed by atoms with Crippen LogP contribution in [0.4, 0.5) is 10.8 Å². The number of aromatic nitrogens is 1. The molecule has 7 nitrogen and oxygen atoms in total. The van der Waals surface area contributed by atoms with E-state index in [-0.39, 0.29) is 25.0 Å².